The molecular formula is I3Pd. The number of rotatable bonds is 0. The summed E-state index contributed by atoms with van der Waals surface area (Å²) in [4.78, 5) is 0. The molecule has 4 heavy (non-hydrogen) atoms. The second kappa shape index (κ2) is 4.02. The van der Waals surface area contributed by atoms with E-state index in [1.54, 1.807) is 0 Å². The first-order valence-electron chi connectivity index (χ1n) is 0.359. The van der Waals surface area contributed by atoms with Gasteiger partial charge in [-0.3, -0.25) is 0 Å². The molecule has 0 heterocycles. The van der Waals surface area contributed by atoms with E-state index in [0.717, 1.165) is 0 Å². The maximum absolute atomic E-state index is 2.43. The van der Waals surface area contributed by atoms with E-state index in [0.29, 0.717) is 0 Å². The topological polar surface area (TPSA) is 0 Å². The predicted octanol–water partition coefficient (Wildman–Crippen LogP) is 2.65. The third-order valence-electron chi connectivity index (χ3n) is 0. The third kappa shape index (κ3) is 8.85. The van der Waals surface area contributed by atoms with Crippen LogP contribution in [-0.2, 0) is 5.92 Å². The van der Waals surface area contributed by atoms with E-state index >= 15 is 0 Å². The van der Waals surface area contributed by atoms with E-state index in [9.17, 15) is 0 Å². The fourth-order valence-corrected chi connectivity index (χ4v) is 0. The van der Waals surface area contributed by atoms with Crippen LogP contribution in [0.5, 0.6) is 0 Å². The van der Waals surface area contributed by atoms with E-state index in [1.807, 2.05) is 0 Å². The molecule has 0 aromatic heterocycles. The number of halogens is 3. The molecule has 0 unspecified atom stereocenters. The maximum atomic E-state index is 2.43. The van der Waals surface area contributed by atoms with Crippen LogP contribution < -0.4 is 0 Å². The monoisotopic (exact) mass is 487 g/mol. The minimum atomic E-state index is -0.0733. The summed E-state index contributed by atoms with van der Waals surface area (Å²) in [5.74, 6) is -0.0733. The van der Waals surface area contributed by atoms with Crippen LogP contribution in [0, 0.1) is 0 Å². The van der Waals surface area contributed by atoms with Gasteiger partial charge in [0.25, 0.3) is 0 Å². The molecule has 0 bridgehead atoms. The first kappa shape index (κ1) is 6.85. The van der Waals surface area contributed by atoms with Crippen LogP contribution in [0.15, 0.2) is 0 Å². The van der Waals surface area contributed by atoms with Crippen molar-refractivity contribution in [2.45, 2.75) is 0 Å². The van der Waals surface area contributed by atoms with Crippen LogP contribution in [0.2, 0.25) is 0 Å². The second-order valence-corrected chi connectivity index (χ2v) is 36.1. The van der Waals surface area contributed by atoms with E-state index in [-0.39, 0.29) is 5.92 Å². The molecule has 0 aliphatic rings. The molecule has 0 saturated carbocycles. The molecule has 4 heteroatoms. The van der Waals surface area contributed by atoms with Gasteiger partial charge in [-0.2, -0.15) is 0 Å². The molecule has 0 spiro atoms. The quantitative estimate of drug-likeness (QED) is 0.365. The van der Waals surface area contributed by atoms with Crippen LogP contribution in [0.1, 0.15) is 0 Å². The Balaban J connectivity index is 2.32. The standard InChI is InChI=1S/3HI.Pd/h3*1H;/q;;;+3/p-3. The zero-order valence-corrected chi connectivity index (χ0v) is 9.48. The molecule has 31 valence electrons. The Morgan fingerprint density at radius 3 is 1.00 bits per heavy atom. The number of hydrogen-bond donors (Lipinski definition) is 0. The van der Waals surface area contributed by atoms with Crippen LogP contribution in [0.25, 0.3) is 0 Å². The summed E-state index contributed by atoms with van der Waals surface area (Å²) in [6.07, 6.45) is 0. The summed E-state index contributed by atoms with van der Waals surface area (Å²) in [6, 6.07) is 0. The van der Waals surface area contributed by atoms with Gasteiger partial charge >= 0.3 is 64.5 Å². The van der Waals surface area contributed by atoms with E-state index in [4.69, 9.17) is 0 Å². The Morgan fingerprint density at radius 2 is 1.00 bits per heavy atom. The van der Waals surface area contributed by atoms with Gasteiger partial charge in [0.15, 0.2) is 0 Å². The predicted molar refractivity (Wildman–Crippen MR) is 42.1 cm³/mol. The van der Waals surface area contributed by atoms with Crippen molar-refractivity contribution in [1.82, 2.24) is 0 Å². The van der Waals surface area contributed by atoms with Crippen molar-refractivity contribution in [1.29, 1.82) is 0 Å². The van der Waals surface area contributed by atoms with Crippen LogP contribution >= 0.6 is 58.5 Å². The summed E-state index contributed by atoms with van der Waals surface area (Å²) in [6.45, 7) is 0. The number of hydrogen-bond acceptors (Lipinski definition) is 0. The molecule has 0 aromatic rings. The van der Waals surface area contributed by atoms with Crippen LogP contribution in [0.3, 0.4) is 0 Å². The first-order chi connectivity index (χ1) is 1.73. The molecule has 0 radical (unpaired) electrons. The molecule has 0 amide bonds. The molecule has 0 fully saturated rings. The van der Waals surface area contributed by atoms with Crippen molar-refractivity contribution in [3.05, 3.63) is 0 Å². The molecule has 0 nitrogen and oxygen atoms in total. The van der Waals surface area contributed by atoms with Gasteiger partial charge in [-0.25, -0.2) is 0 Å². The zero-order valence-electron chi connectivity index (χ0n) is 1.45. The molecule has 0 saturated heterocycles. The van der Waals surface area contributed by atoms with Crippen molar-refractivity contribution >= 4 is 58.5 Å². The molecule has 0 rings (SSSR count). The van der Waals surface area contributed by atoms with Crippen molar-refractivity contribution in [2.24, 2.45) is 0 Å². The molecule has 0 atom stereocenters. The van der Waals surface area contributed by atoms with Crippen molar-refractivity contribution < 1.29 is 5.92 Å². The molecule has 0 aliphatic carbocycles. The van der Waals surface area contributed by atoms with Gasteiger partial charge in [-0.05, 0) is 0 Å². The summed E-state index contributed by atoms with van der Waals surface area (Å²) in [5, 5.41) is 0. The second-order valence-electron chi connectivity index (χ2n) is 0.136. The van der Waals surface area contributed by atoms with E-state index in [2.05, 4.69) is 58.5 Å². The first-order valence-corrected chi connectivity index (χ1v) is 14.2. The minimum absolute atomic E-state index is 0.0733. The van der Waals surface area contributed by atoms with Gasteiger partial charge in [0.1, 0.15) is 0 Å². The fraction of sp³-hybridized carbons (Fsp3) is 0. The Labute approximate surface area is 62.7 Å². The van der Waals surface area contributed by atoms with Crippen molar-refractivity contribution in [3.63, 3.8) is 0 Å². The Morgan fingerprint density at radius 1 is 1.00 bits per heavy atom. The average molecular weight is 487 g/mol. The molecule has 0 aliphatic heterocycles. The fourth-order valence-electron chi connectivity index (χ4n) is 0. The summed E-state index contributed by atoms with van der Waals surface area (Å²) in [5.41, 5.74) is 0. The Bertz CT molecular complexity index is 8.00. The van der Waals surface area contributed by atoms with Crippen LogP contribution in [0.4, 0.5) is 0 Å². The van der Waals surface area contributed by atoms with Gasteiger partial charge in [0, 0.05) is 0 Å². The van der Waals surface area contributed by atoms with Crippen molar-refractivity contribution in [2.75, 3.05) is 0 Å². The molecular weight excluding hydrogens is 487 g/mol. The molecule has 0 aromatic carbocycles. The summed E-state index contributed by atoms with van der Waals surface area (Å²) in [7, 11) is 0. The van der Waals surface area contributed by atoms with Gasteiger partial charge < -0.3 is 0 Å². The SMILES string of the molecule is [I][Pd]([I])[I]. The van der Waals surface area contributed by atoms with Gasteiger partial charge in [0.05, 0.1) is 0 Å². The normalized spacial score (nSPS) is 11.2. The Kier molecular flexibility index (Phi) is 6.89. The zero-order chi connectivity index (χ0) is 3.58. The van der Waals surface area contributed by atoms with Gasteiger partial charge in [0.2, 0.25) is 0 Å². The third-order valence-corrected chi connectivity index (χ3v) is 0. The average Bonchev–Trinajstić information content (AvgIpc) is 0.811. The summed E-state index contributed by atoms with van der Waals surface area (Å²) < 4.78 is 0. The van der Waals surface area contributed by atoms with Crippen molar-refractivity contribution in [3.8, 4) is 0 Å². The Hall–Kier alpha value is 2.85. The summed E-state index contributed by atoms with van der Waals surface area (Å²) >= 11 is 7.30. The van der Waals surface area contributed by atoms with Crippen LogP contribution in [-0.4, -0.2) is 0 Å². The van der Waals surface area contributed by atoms with Gasteiger partial charge in [-0.1, -0.05) is 0 Å². The van der Waals surface area contributed by atoms with E-state index < -0.39 is 0 Å². The van der Waals surface area contributed by atoms with E-state index in [1.165, 1.54) is 0 Å². The molecule has 0 N–H and O–H groups in total. The van der Waals surface area contributed by atoms with Gasteiger partial charge in [-0.15, -0.1) is 0 Å².